The number of amides is 3. The van der Waals surface area contributed by atoms with Gasteiger partial charge < -0.3 is 15.5 Å². The smallest absolute Gasteiger partial charge is 0.315 e. The van der Waals surface area contributed by atoms with Crippen molar-refractivity contribution >= 4 is 23.4 Å². The first-order valence-corrected chi connectivity index (χ1v) is 12.7. The second kappa shape index (κ2) is 12.2. The molecule has 0 saturated carbocycles. The van der Waals surface area contributed by atoms with E-state index in [-0.39, 0.29) is 30.2 Å². The fourth-order valence-corrected chi connectivity index (χ4v) is 4.04. The zero-order valence-corrected chi connectivity index (χ0v) is 21.8. The number of halogens is 1. The summed E-state index contributed by atoms with van der Waals surface area (Å²) < 4.78 is 15.1. The van der Waals surface area contributed by atoms with E-state index in [0.717, 1.165) is 12.0 Å². The summed E-state index contributed by atoms with van der Waals surface area (Å²) in [6.45, 7) is 6.31. The molecule has 0 saturated heterocycles. The minimum Gasteiger partial charge on any atom is -0.315 e. The molecule has 8 heteroatoms. The van der Waals surface area contributed by atoms with Crippen LogP contribution in [-0.2, 0) is 11.2 Å². The van der Waals surface area contributed by atoms with Gasteiger partial charge in [0.15, 0.2) is 0 Å². The van der Waals surface area contributed by atoms with Gasteiger partial charge in [-0.15, -0.1) is 0 Å². The highest BCUT2D eigenvalue weighted by Crippen LogP contribution is 2.25. The Kier molecular flexibility index (Phi) is 8.53. The lowest BCUT2D eigenvalue weighted by Crippen LogP contribution is -2.42. The van der Waals surface area contributed by atoms with E-state index in [0.29, 0.717) is 29.4 Å². The van der Waals surface area contributed by atoms with E-state index < -0.39 is 0 Å². The number of aryl methyl sites for hydroxylation is 1. The van der Waals surface area contributed by atoms with E-state index in [2.05, 4.69) is 22.7 Å². The normalized spacial score (nSPS) is 10.9. The molecule has 38 heavy (non-hydrogen) atoms. The number of nitrogens with one attached hydrogen (secondary N) is 2. The molecular formula is C30H32FN5O2. The molecule has 196 valence electrons. The molecule has 0 aliphatic heterocycles. The first kappa shape index (κ1) is 26.6. The Morgan fingerprint density at radius 2 is 1.63 bits per heavy atom. The minimum absolute atomic E-state index is 0.147. The van der Waals surface area contributed by atoms with Crippen LogP contribution in [0.4, 0.5) is 20.7 Å². The third-order valence-corrected chi connectivity index (χ3v) is 5.94. The fraction of sp³-hybridized carbons (Fsp3) is 0.233. The number of carbonyl (C=O) groups is 2. The molecule has 1 heterocycles. The Hall–Kier alpha value is -4.46. The van der Waals surface area contributed by atoms with Crippen LogP contribution in [-0.4, -0.2) is 39.7 Å². The largest absolute Gasteiger partial charge is 0.322 e. The van der Waals surface area contributed by atoms with E-state index in [1.54, 1.807) is 22.9 Å². The van der Waals surface area contributed by atoms with Crippen molar-refractivity contribution in [3.05, 3.63) is 96.3 Å². The van der Waals surface area contributed by atoms with Crippen molar-refractivity contribution in [2.24, 2.45) is 5.92 Å². The Bertz CT molecular complexity index is 1370. The maximum Gasteiger partial charge on any atom is 0.322 e. The van der Waals surface area contributed by atoms with Crippen molar-refractivity contribution in [2.75, 3.05) is 23.7 Å². The van der Waals surface area contributed by atoms with E-state index in [4.69, 9.17) is 0 Å². The Morgan fingerprint density at radius 3 is 2.26 bits per heavy atom. The van der Waals surface area contributed by atoms with Gasteiger partial charge in [0.25, 0.3) is 0 Å². The molecule has 3 aromatic carbocycles. The van der Waals surface area contributed by atoms with Gasteiger partial charge in [0.05, 0.1) is 11.4 Å². The number of hydrogen-bond donors (Lipinski definition) is 2. The first-order valence-electron chi connectivity index (χ1n) is 12.7. The summed E-state index contributed by atoms with van der Waals surface area (Å²) in [6, 6.07) is 24.5. The van der Waals surface area contributed by atoms with Gasteiger partial charge in [0.2, 0.25) is 5.91 Å². The number of aromatic nitrogens is 2. The number of hydrogen-bond acceptors (Lipinski definition) is 3. The quantitative estimate of drug-likeness (QED) is 0.273. The molecule has 3 amide bonds. The zero-order valence-electron chi connectivity index (χ0n) is 21.8. The molecular weight excluding hydrogens is 481 g/mol. The van der Waals surface area contributed by atoms with Gasteiger partial charge in [-0.3, -0.25) is 4.79 Å². The lowest BCUT2D eigenvalue weighted by Gasteiger charge is -2.24. The zero-order chi connectivity index (χ0) is 27.1. The van der Waals surface area contributed by atoms with Gasteiger partial charge in [-0.1, -0.05) is 63.2 Å². The highest BCUT2D eigenvalue weighted by atomic mass is 19.1. The average molecular weight is 514 g/mol. The third-order valence-electron chi connectivity index (χ3n) is 5.94. The van der Waals surface area contributed by atoms with Crippen LogP contribution in [0.3, 0.4) is 0 Å². The average Bonchev–Trinajstić information content (AvgIpc) is 3.33. The number of rotatable bonds is 9. The van der Waals surface area contributed by atoms with Gasteiger partial charge in [-0.05, 0) is 54.3 Å². The molecule has 7 nitrogen and oxygen atoms in total. The van der Waals surface area contributed by atoms with Crippen LogP contribution < -0.4 is 10.6 Å². The maximum atomic E-state index is 13.6. The van der Waals surface area contributed by atoms with Crippen molar-refractivity contribution < 1.29 is 14.0 Å². The predicted octanol–water partition coefficient (Wildman–Crippen LogP) is 6.37. The van der Waals surface area contributed by atoms with Crippen molar-refractivity contribution in [2.45, 2.75) is 27.2 Å². The molecule has 4 rings (SSSR count). The summed E-state index contributed by atoms with van der Waals surface area (Å²) in [6.07, 6.45) is 0.911. The number of benzene rings is 3. The van der Waals surface area contributed by atoms with Crippen LogP contribution in [0, 0.1) is 11.7 Å². The van der Waals surface area contributed by atoms with E-state index in [1.807, 2.05) is 68.4 Å². The molecule has 0 spiro atoms. The lowest BCUT2D eigenvalue weighted by molar-refractivity contribution is -0.116. The highest BCUT2D eigenvalue weighted by Gasteiger charge is 2.21. The topological polar surface area (TPSA) is 79.3 Å². The first-order chi connectivity index (χ1) is 18.3. The van der Waals surface area contributed by atoms with Gasteiger partial charge in [0, 0.05) is 23.9 Å². The van der Waals surface area contributed by atoms with Gasteiger partial charge >= 0.3 is 6.03 Å². The number of nitrogens with zero attached hydrogens (tertiary/aromatic N) is 3. The van der Waals surface area contributed by atoms with Crippen molar-refractivity contribution in [1.82, 2.24) is 14.7 Å². The van der Waals surface area contributed by atoms with Crippen LogP contribution in [0.15, 0.2) is 84.9 Å². The van der Waals surface area contributed by atoms with Gasteiger partial charge in [-0.25, -0.2) is 13.9 Å². The van der Waals surface area contributed by atoms with Crippen LogP contribution in [0.2, 0.25) is 0 Å². The minimum atomic E-state index is -0.370. The molecule has 0 aliphatic carbocycles. The Labute approximate surface area is 222 Å². The molecule has 0 unspecified atom stereocenters. The Balaban J connectivity index is 1.54. The predicted molar refractivity (Wildman–Crippen MR) is 149 cm³/mol. The molecule has 0 fully saturated rings. The van der Waals surface area contributed by atoms with E-state index >= 15 is 0 Å². The second-order valence-corrected chi connectivity index (χ2v) is 9.47. The molecule has 4 aromatic rings. The molecule has 2 N–H and O–H groups in total. The summed E-state index contributed by atoms with van der Waals surface area (Å²) in [5, 5.41) is 10.4. The summed E-state index contributed by atoms with van der Waals surface area (Å²) >= 11 is 0. The number of urea groups is 1. The standard InChI is InChI=1S/C30H32FN5O2/c1-4-22-10-14-25(15-11-22)32-30(38)35(19-21(2)3)20-29(37)33-28-18-27(23-8-6-5-7-9-23)34-36(28)26-16-12-24(31)13-17-26/h5-18,21H,4,19-20H2,1-3H3,(H,32,38)(H,33,37). The second-order valence-electron chi connectivity index (χ2n) is 9.47. The van der Waals surface area contributed by atoms with Crippen LogP contribution in [0.5, 0.6) is 0 Å². The highest BCUT2D eigenvalue weighted by molar-refractivity contribution is 5.97. The van der Waals surface area contributed by atoms with E-state index in [9.17, 15) is 14.0 Å². The van der Waals surface area contributed by atoms with Gasteiger partial charge in [0.1, 0.15) is 18.2 Å². The molecule has 1 aromatic heterocycles. The van der Waals surface area contributed by atoms with E-state index in [1.165, 1.54) is 22.6 Å². The van der Waals surface area contributed by atoms with Crippen molar-refractivity contribution in [3.8, 4) is 16.9 Å². The third kappa shape index (κ3) is 6.85. The van der Waals surface area contributed by atoms with Crippen LogP contribution in [0.25, 0.3) is 16.9 Å². The van der Waals surface area contributed by atoms with Crippen LogP contribution in [0.1, 0.15) is 26.3 Å². The molecule has 0 atom stereocenters. The Morgan fingerprint density at radius 1 is 0.947 bits per heavy atom. The molecule has 0 bridgehead atoms. The summed E-state index contributed by atoms with van der Waals surface area (Å²) in [5.74, 6) is -0.162. The fourth-order valence-electron chi connectivity index (χ4n) is 4.04. The van der Waals surface area contributed by atoms with Crippen molar-refractivity contribution in [1.29, 1.82) is 0 Å². The maximum absolute atomic E-state index is 13.6. The number of carbonyl (C=O) groups excluding carboxylic acids is 2. The summed E-state index contributed by atoms with van der Waals surface area (Å²) in [7, 11) is 0. The summed E-state index contributed by atoms with van der Waals surface area (Å²) in [5.41, 5.74) is 3.96. The monoisotopic (exact) mass is 513 g/mol. The van der Waals surface area contributed by atoms with Crippen LogP contribution >= 0.6 is 0 Å². The molecule has 0 radical (unpaired) electrons. The van der Waals surface area contributed by atoms with Crippen molar-refractivity contribution in [3.63, 3.8) is 0 Å². The lowest BCUT2D eigenvalue weighted by atomic mass is 10.1. The molecule has 0 aliphatic rings. The SMILES string of the molecule is CCc1ccc(NC(=O)N(CC(=O)Nc2cc(-c3ccccc3)nn2-c2ccc(F)cc2)CC(C)C)cc1. The number of anilines is 2. The van der Waals surface area contributed by atoms with Gasteiger partial charge in [-0.2, -0.15) is 5.10 Å². The summed E-state index contributed by atoms with van der Waals surface area (Å²) in [4.78, 5) is 27.8.